The van der Waals surface area contributed by atoms with Crippen molar-refractivity contribution >= 4 is 29.5 Å². The first-order valence-electron chi connectivity index (χ1n) is 7.26. The standard InChI is InChI=1S/C15H22BrO5P/c1-4-19-15(17)14(22(18,20-5-2)21-6-3)11-12-7-9-13(16)10-8-12/h7-10,14H,4-6,11H2,1-3H3. The molecule has 0 bridgehead atoms. The second-order valence-electron chi connectivity index (χ2n) is 4.47. The van der Waals surface area contributed by atoms with Crippen LogP contribution >= 0.6 is 23.5 Å². The number of carbonyl (C=O) groups is 1. The van der Waals surface area contributed by atoms with Crippen LogP contribution in [-0.2, 0) is 29.6 Å². The summed E-state index contributed by atoms with van der Waals surface area (Å²) in [6.45, 7) is 5.76. The second kappa shape index (κ2) is 9.46. The van der Waals surface area contributed by atoms with E-state index in [9.17, 15) is 9.36 Å². The van der Waals surface area contributed by atoms with E-state index in [1.54, 1.807) is 20.8 Å². The van der Waals surface area contributed by atoms with Crippen LogP contribution < -0.4 is 0 Å². The Morgan fingerprint density at radius 2 is 1.64 bits per heavy atom. The average molecular weight is 393 g/mol. The van der Waals surface area contributed by atoms with Gasteiger partial charge in [0.2, 0.25) is 0 Å². The molecule has 1 aromatic rings. The third kappa shape index (κ3) is 5.51. The smallest absolute Gasteiger partial charge is 0.345 e. The van der Waals surface area contributed by atoms with E-state index in [0.717, 1.165) is 10.0 Å². The van der Waals surface area contributed by atoms with Crippen molar-refractivity contribution in [2.45, 2.75) is 32.9 Å². The molecule has 0 N–H and O–H groups in total. The van der Waals surface area contributed by atoms with Crippen molar-refractivity contribution in [1.29, 1.82) is 0 Å². The fraction of sp³-hybridized carbons (Fsp3) is 0.533. The second-order valence-corrected chi connectivity index (χ2v) is 7.61. The first kappa shape index (κ1) is 19.4. The lowest BCUT2D eigenvalue weighted by Crippen LogP contribution is -2.28. The Morgan fingerprint density at radius 1 is 1.09 bits per heavy atom. The summed E-state index contributed by atoms with van der Waals surface area (Å²) in [7, 11) is -3.58. The molecule has 0 saturated heterocycles. The lowest BCUT2D eigenvalue weighted by Gasteiger charge is -2.24. The van der Waals surface area contributed by atoms with Crippen LogP contribution in [0.2, 0.25) is 0 Å². The van der Waals surface area contributed by atoms with Gasteiger partial charge in [-0.15, -0.1) is 0 Å². The molecular weight excluding hydrogens is 371 g/mol. The van der Waals surface area contributed by atoms with E-state index in [4.69, 9.17) is 13.8 Å². The molecule has 5 nitrogen and oxygen atoms in total. The van der Waals surface area contributed by atoms with Gasteiger partial charge in [0.1, 0.15) is 0 Å². The molecule has 124 valence electrons. The lowest BCUT2D eigenvalue weighted by molar-refractivity contribution is -0.143. The van der Waals surface area contributed by atoms with E-state index in [2.05, 4.69) is 15.9 Å². The van der Waals surface area contributed by atoms with E-state index in [-0.39, 0.29) is 26.2 Å². The Labute approximate surface area is 140 Å². The quantitative estimate of drug-likeness (QED) is 0.465. The highest BCUT2D eigenvalue weighted by atomic mass is 79.9. The third-order valence-electron chi connectivity index (χ3n) is 2.90. The van der Waals surface area contributed by atoms with Crippen LogP contribution in [0.5, 0.6) is 0 Å². The minimum absolute atomic E-state index is 0.202. The average Bonchev–Trinajstić information content (AvgIpc) is 2.47. The summed E-state index contributed by atoms with van der Waals surface area (Å²) < 4.78 is 29.6. The van der Waals surface area contributed by atoms with E-state index >= 15 is 0 Å². The van der Waals surface area contributed by atoms with Crippen LogP contribution in [0.1, 0.15) is 26.3 Å². The zero-order chi connectivity index (χ0) is 16.6. The van der Waals surface area contributed by atoms with Crippen LogP contribution in [0.15, 0.2) is 28.7 Å². The van der Waals surface area contributed by atoms with Crippen molar-refractivity contribution in [1.82, 2.24) is 0 Å². The summed E-state index contributed by atoms with van der Waals surface area (Å²) in [5, 5.41) is 0. The summed E-state index contributed by atoms with van der Waals surface area (Å²) in [5.74, 6) is -0.560. The maximum atomic E-state index is 12.9. The monoisotopic (exact) mass is 392 g/mol. The van der Waals surface area contributed by atoms with Gasteiger partial charge in [-0.1, -0.05) is 28.1 Å². The van der Waals surface area contributed by atoms with Crippen LogP contribution in [0.25, 0.3) is 0 Å². The molecule has 1 aromatic carbocycles. The molecule has 7 heteroatoms. The SMILES string of the molecule is CCOC(=O)C(Cc1ccc(Br)cc1)P(=O)(OCC)OCC. The number of rotatable bonds is 9. The predicted octanol–water partition coefficient (Wildman–Crippen LogP) is 4.19. The number of ether oxygens (including phenoxy) is 1. The molecule has 1 unspecified atom stereocenters. The van der Waals surface area contributed by atoms with Gasteiger partial charge in [0.25, 0.3) is 0 Å². The summed E-state index contributed by atoms with van der Waals surface area (Å²) in [6.07, 6.45) is 0.239. The molecule has 22 heavy (non-hydrogen) atoms. The highest BCUT2D eigenvalue weighted by molar-refractivity contribution is 9.10. The Morgan fingerprint density at radius 3 is 2.09 bits per heavy atom. The molecule has 0 radical (unpaired) electrons. The van der Waals surface area contributed by atoms with Gasteiger partial charge in [-0.05, 0) is 44.9 Å². The van der Waals surface area contributed by atoms with E-state index in [0.29, 0.717) is 0 Å². The Kier molecular flexibility index (Phi) is 8.33. The van der Waals surface area contributed by atoms with Crippen molar-refractivity contribution in [3.8, 4) is 0 Å². The molecule has 1 rings (SSSR count). The summed E-state index contributed by atoms with van der Waals surface area (Å²) in [5.41, 5.74) is -0.102. The van der Waals surface area contributed by atoms with Crippen LogP contribution in [0.3, 0.4) is 0 Å². The highest BCUT2D eigenvalue weighted by Gasteiger charge is 2.42. The fourth-order valence-electron chi connectivity index (χ4n) is 1.98. The van der Waals surface area contributed by atoms with Crippen molar-refractivity contribution in [3.63, 3.8) is 0 Å². The fourth-order valence-corrected chi connectivity index (χ4v) is 4.17. The summed E-state index contributed by atoms with van der Waals surface area (Å²) in [6, 6.07) is 7.45. The van der Waals surface area contributed by atoms with Gasteiger partial charge in [-0.25, -0.2) is 0 Å². The minimum atomic E-state index is -3.58. The molecular formula is C15H22BrO5P. The van der Waals surface area contributed by atoms with E-state index in [1.165, 1.54) is 0 Å². The summed E-state index contributed by atoms with van der Waals surface area (Å²) in [4.78, 5) is 12.2. The molecule has 0 aliphatic carbocycles. The predicted molar refractivity (Wildman–Crippen MR) is 89.1 cm³/mol. The maximum absolute atomic E-state index is 12.9. The Balaban J connectivity index is 3.07. The molecule has 0 aromatic heterocycles. The number of esters is 1. The first-order chi connectivity index (χ1) is 10.5. The normalized spacial score (nSPS) is 12.9. The molecule has 0 aliphatic heterocycles. The zero-order valence-corrected chi connectivity index (χ0v) is 15.6. The molecule has 0 amide bonds. The Bertz CT molecular complexity index is 507. The van der Waals surface area contributed by atoms with Gasteiger partial charge in [0, 0.05) is 4.47 Å². The van der Waals surface area contributed by atoms with Crippen molar-refractivity contribution in [3.05, 3.63) is 34.3 Å². The number of benzene rings is 1. The van der Waals surface area contributed by atoms with Gasteiger partial charge >= 0.3 is 13.6 Å². The van der Waals surface area contributed by atoms with Gasteiger partial charge < -0.3 is 13.8 Å². The van der Waals surface area contributed by atoms with Gasteiger partial charge in [-0.3, -0.25) is 9.36 Å². The van der Waals surface area contributed by atoms with Crippen molar-refractivity contribution in [2.75, 3.05) is 19.8 Å². The molecule has 0 aliphatic rings. The first-order valence-corrected chi connectivity index (χ1v) is 9.67. The maximum Gasteiger partial charge on any atom is 0.345 e. The highest BCUT2D eigenvalue weighted by Crippen LogP contribution is 2.54. The van der Waals surface area contributed by atoms with Gasteiger partial charge in [0.15, 0.2) is 5.66 Å². The van der Waals surface area contributed by atoms with Crippen LogP contribution in [0.4, 0.5) is 0 Å². The largest absolute Gasteiger partial charge is 0.465 e. The third-order valence-corrected chi connectivity index (χ3v) is 5.82. The molecule has 0 spiro atoms. The number of carbonyl (C=O) groups excluding carboxylic acids is 1. The zero-order valence-electron chi connectivity index (χ0n) is 13.1. The van der Waals surface area contributed by atoms with Gasteiger partial charge in [-0.2, -0.15) is 0 Å². The molecule has 0 heterocycles. The van der Waals surface area contributed by atoms with E-state index < -0.39 is 19.2 Å². The van der Waals surface area contributed by atoms with Crippen LogP contribution in [-0.4, -0.2) is 31.4 Å². The van der Waals surface area contributed by atoms with Crippen LogP contribution in [0, 0.1) is 0 Å². The topological polar surface area (TPSA) is 61.8 Å². The molecule has 1 atom stereocenters. The number of hydrogen-bond acceptors (Lipinski definition) is 5. The summed E-state index contributed by atoms with van der Waals surface area (Å²) >= 11 is 3.36. The van der Waals surface area contributed by atoms with Crippen molar-refractivity contribution in [2.24, 2.45) is 0 Å². The number of halogens is 1. The minimum Gasteiger partial charge on any atom is -0.465 e. The molecule has 0 fully saturated rings. The Hall–Kier alpha value is -0.680. The molecule has 0 saturated carbocycles. The lowest BCUT2D eigenvalue weighted by atomic mass is 10.1. The number of hydrogen-bond donors (Lipinski definition) is 0. The van der Waals surface area contributed by atoms with Gasteiger partial charge in [0.05, 0.1) is 19.8 Å². The van der Waals surface area contributed by atoms with E-state index in [1.807, 2.05) is 24.3 Å². The van der Waals surface area contributed by atoms with Crippen molar-refractivity contribution < 1.29 is 23.1 Å².